The Morgan fingerprint density at radius 1 is 0.684 bits per heavy atom. The van der Waals surface area contributed by atoms with E-state index in [1.807, 2.05) is 18.2 Å². The number of nitrogens with zero attached hydrogens (tertiary/aromatic N) is 2. The summed E-state index contributed by atoms with van der Waals surface area (Å²) in [5, 5.41) is 4.50. The summed E-state index contributed by atoms with van der Waals surface area (Å²) in [7, 11) is 0. The highest BCUT2D eigenvalue weighted by Gasteiger charge is 2.42. The quantitative estimate of drug-likeness (QED) is 0.241. The lowest BCUT2D eigenvalue weighted by atomic mass is 9.76. The summed E-state index contributed by atoms with van der Waals surface area (Å²) in [5.41, 5.74) is 7.69. The van der Waals surface area contributed by atoms with E-state index in [1.54, 1.807) is 0 Å². The molecule has 0 amide bonds. The Hall–Kier alpha value is -4.76. The van der Waals surface area contributed by atoms with E-state index in [4.69, 9.17) is 14.4 Å². The fourth-order valence-electron chi connectivity index (χ4n) is 6.08. The molecule has 0 radical (unpaired) electrons. The SMILES string of the molecule is CC12N=C(c3ccc4ccc5c6ccccc6oc5c4c3)C(c3ccccc3)=NC1C=Cc1ccccc12. The van der Waals surface area contributed by atoms with E-state index < -0.39 is 5.54 Å². The fourth-order valence-corrected chi connectivity index (χ4v) is 6.08. The van der Waals surface area contributed by atoms with Gasteiger partial charge in [0.05, 0.1) is 17.5 Å². The van der Waals surface area contributed by atoms with Gasteiger partial charge >= 0.3 is 0 Å². The van der Waals surface area contributed by atoms with E-state index in [1.165, 1.54) is 11.1 Å². The van der Waals surface area contributed by atoms with Crippen molar-refractivity contribution in [1.29, 1.82) is 0 Å². The molecule has 5 aromatic carbocycles. The van der Waals surface area contributed by atoms with Crippen molar-refractivity contribution in [2.24, 2.45) is 9.98 Å². The van der Waals surface area contributed by atoms with E-state index in [0.717, 1.165) is 55.3 Å². The Kier molecular flexibility index (Phi) is 4.42. The highest BCUT2D eigenvalue weighted by atomic mass is 16.3. The summed E-state index contributed by atoms with van der Waals surface area (Å²) in [6, 6.07) is 38.0. The number of hydrogen-bond acceptors (Lipinski definition) is 3. The number of rotatable bonds is 2. The number of para-hydroxylation sites is 1. The summed E-state index contributed by atoms with van der Waals surface area (Å²) in [6.45, 7) is 2.21. The van der Waals surface area contributed by atoms with Crippen LogP contribution < -0.4 is 0 Å². The molecule has 38 heavy (non-hydrogen) atoms. The Labute approximate surface area is 220 Å². The van der Waals surface area contributed by atoms with Crippen LogP contribution in [0.15, 0.2) is 130 Å². The minimum atomic E-state index is -0.487. The summed E-state index contributed by atoms with van der Waals surface area (Å²) in [4.78, 5) is 10.9. The molecule has 1 aromatic heterocycles. The Morgan fingerprint density at radius 2 is 1.47 bits per heavy atom. The molecule has 1 aliphatic carbocycles. The first kappa shape index (κ1) is 21.3. The first-order valence-corrected chi connectivity index (χ1v) is 13.0. The van der Waals surface area contributed by atoms with Crippen molar-refractivity contribution < 1.29 is 4.42 Å². The third kappa shape index (κ3) is 3.02. The average molecular weight is 489 g/mol. The highest BCUT2D eigenvalue weighted by molar-refractivity contribution is 6.54. The normalized spacial score (nSPS) is 20.3. The molecule has 2 unspecified atom stereocenters. The van der Waals surface area contributed by atoms with Gasteiger partial charge in [-0.05, 0) is 41.6 Å². The van der Waals surface area contributed by atoms with E-state index in [-0.39, 0.29) is 6.04 Å². The van der Waals surface area contributed by atoms with Crippen LogP contribution in [0.5, 0.6) is 0 Å². The molecule has 3 heteroatoms. The lowest BCUT2D eigenvalue weighted by molar-refractivity contribution is 0.437. The topological polar surface area (TPSA) is 37.9 Å². The first-order valence-electron chi connectivity index (χ1n) is 13.0. The molecule has 1 aliphatic heterocycles. The van der Waals surface area contributed by atoms with E-state index >= 15 is 0 Å². The Morgan fingerprint density at radius 3 is 2.39 bits per heavy atom. The minimum absolute atomic E-state index is 0.0705. The highest BCUT2D eigenvalue weighted by Crippen LogP contribution is 2.42. The molecule has 0 saturated heterocycles. The van der Waals surface area contributed by atoms with Crippen LogP contribution in [0.2, 0.25) is 0 Å². The predicted molar refractivity (Wildman–Crippen MR) is 157 cm³/mol. The lowest BCUT2D eigenvalue weighted by Gasteiger charge is -2.39. The standard InChI is InChI=1S/C35H24N2O/c1-35-29-13-7-5-9-23(29)18-20-31(35)36-32(24-10-3-2-4-11-24)33(37-35)25-16-15-22-17-19-27-26-12-6-8-14-30(26)38-34(27)28(22)21-25/h2-21,31H,1H3. The second-order valence-electron chi connectivity index (χ2n) is 10.3. The molecule has 0 fully saturated rings. The van der Waals surface area contributed by atoms with Gasteiger partial charge in [0.2, 0.25) is 0 Å². The van der Waals surface area contributed by atoms with Gasteiger partial charge in [0, 0.05) is 27.3 Å². The van der Waals surface area contributed by atoms with Gasteiger partial charge in [-0.15, -0.1) is 0 Å². The molecule has 0 spiro atoms. The van der Waals surface area contributed by atoms with Crippen molar-refractivity contribution >= 4 is 50.2 Å². The molecular weight excluding hydrogens is 464 g/mol. The van der Waals surface area contributed by atoms with Crippen LogP contribution in [0.4, 0.5) is 0 Å². The summed E-state index contributed by atoms with van der Waals surface area (Å²) in [6.07, 6.45) is 4.38. The third-order valence-electron chi connectivity index (χ3n) is 8.06. The van der Waals surface area contributed by atoms with Crippen LogP contribution >= 0.6 is 0 Å². The van der Waals surface area contributed by atoms with Crippen molar-refractivity contribution in [2.45, 2.75) is 18.5 Å². The second kappa shape index (κ2) is 7.87. The number of benzene rings is 5. The smallest absolute Gasteiger partial charge is 0.143 e. The Bertz CT molecular complexity index is 1990. The zero-order valence-electron chi connectivity index (χ0n) is 20.9. The summed E-state index contributed by atoms with van der Waals surface area (Å²) in [5.74, 6) is 0. The average Bonchev–Trinajstić information content (AvgIpc) is 3.36. The number of furan rings is 1. The van der Waals surface area contributed by atoms with Crippen molar-refractivity contribution in [3.05, 3.63) is 138 Å². The van der Waals surface area contributed by atoms with Crippen LogP contribution in [-0.4, -0.2) is 17.5 Å². The van der Waals surface area contributed by atoms with Gasteiger partial charge in [-0.3, -0.25) is 9.98 Å². The van der Waals surface area contributed by atoms with Crippen molar-refractivity contribution in [2.75, 3.05) is 0 Å². The van der Waals surface area contributed by atoms with Gasteiger partial charge < -0.3 is 4.42 Å². The molecular formula is C35H24N2O. The molecule has 180 valence electrons. The van der Waals surface area contributed by atoms with Crippen molar-refractivity contribution in [3.63, 3.8) is 0 Å². The summed E-state index contributed by atoms with van der Waals surface area (Å²) >= 11 is 0. The van der Waals surface area contributed by atoms with Crippen LogP contribution in [0.25, 0.3) is 38.8 Å². The van der Waals surface area contributed by atoms with E-state index in [9.17, 15) is 0 Å². The molecule has 0 bridgehead atoms. The van der Waals surface area contributed by atoms with E-state index in [0.29, 0.717) is 0 Å². The predicted octanol–water partition coefficient (Wildman–Crippen LogP) is 8.34. The van der Waals surface area contributed by atoms with Gasteiger partial charge in [0.1, 0.15) is 16.7 Å². The number of fused-ring (bicyclic) bond motifs is 8. The van der Waals surface area contributed by atoms with Crippen LogP contribution in [0.1, 0.15) is 29.2 Å². The maximum absolute atomic E-state index is 6.39. The zero-order valence-corrected chi connectivity index (χ0v) is 20.9. The van der Waals surface area contributed by atoms with Crippen LogP contribution in [0, 0.1) is 0 Å². The molecule has 2 heterocycles. The van der Waals surface area contributed by atoms with Gasteiger partial charge in [-0.25, -0.2) is 0 Å². The molecule has 6 aromatic rings. The zero-order chi connectivity index (χ0) is 25.3. The van der Waals surface area contributed by atoms with Gasteiger partial charge in [0.25, 0.3) is 0 Å². The molecule has 0 N–H and O–H groups in total. The largest absolute Gasteiger partial charge is 0.455 e. The van der Waals surface area contributed by atoms with Crippen LogP contribution in [0.3, 0.4) is 0 Å². The van der Waals surface area contributed by atoms with Gasteiger partial charge in [0.15, 0.2) is 0 Å². The lowest BCUT2D eigenvalue weighted by Crippen LogP contribution is -2.42. The van der Waals surface area contributed by atoms with Gasteiger partial charge in [-0.2, -0.15) is 0 Å². The fraction of sp³-hybridized carbons (Fsp3) is 0.0857. The van der Waals surface area contributed by atoms with Crippen molar-refractivity contribution in [3.8, 4) is 0 Å². The number of hydrogen-bond donors (Lipinski definition) is 0. The molecule has 0 saturated carbocycles. The molecule has 2 atom stereocenters. The third-order valence-corrected chi connectivity index (χ3v) is 8.06. The number of aliphatic imine (C=N–C) groups is 2. The van der Waals surface area contributed by atoms with Crippen molar-refractivity contribution in [1.82, 2.24) is 0 Å². The monoisotopic (exact) mass is 488 g/mol. The minimum Gasteiger partial charge on any atom is -0.455 e. The Balaban J connectivity index is 1.39. The molecule has 3 nitrogen and oxygen atoms in total. The second-order valence-corrected chi connectivity index (χ2v) is 10.3. The maximum Gasteiger partial charge on any atom is 0.143 e. The first-order chi connectivity index (χ1) is 18.7. The van der Waals surface area contributed by atoms with Gasteiger partial charge in [-0.1, -0.05) is 103 Å². The molecule has 8 rings (SSSR count). The van der Waals surface area contributed by atoms with Crippen LogP contribution in [-0.2, 0) is 5.54 Å². The maximum atomic E-state index is 6.39. The molecule has 2 aliphatic rings. The summed E-state index contributed by atoms with van der Waals surface area (Å²) < 4.78 is 6.39. The van der Waals surface area contributed by atoms with E-state index in [2.05, 4.69) is 110 Å².